The fraction of sp³-hybridized carbons (Fsp3) is 0. The van der Waals surface area contributed by atoms with E-state index in [2.05, 4.69) is 22.1 Å². The quantitative estimate of drug-likeness (QED) is 0.435. The van der Waals surface area contributed by atoms with Crippen LogP contribution in [-0.2, 0) is 0 Å². The lowest BCUT2D eigenvalue weighted by Gasteiger charge is -2.02. The van der Waals surface area contributed by atoms with Gasteiger partial charge in [0.25, 0.3) is 0 Å². The molecular formula is C20H10N4. The van der Waals surface area contributed by atoms with Gasteiger partial charge in [0, 0.05) is 32.6 Å². The number of aromatic nitrogens is 2. The molecule has 0 fully saturated rings. The van der Waals surface area contributed by atoms with Gasteiger partial charge in [-0.15, -0.1) is 0 Å². The summed E-state index contributed by atoms with van der Waals surface area (Å²) in [5.41, 5.74) is 4.53. The predicted octanol–water partition coefficient (Wildman–Crippen LogP) is 4.70. The summed E-state index contributed by atoms with van der Waals surface area (Å²) in [6.45, 7) is 0. The van der Waals surface area contributed by atoms with E-state index < -0.39 is 0 Å². The average molecular weight is 306 g/mol. The number of H-pyrrole nitrogens is 2. The molecular weight excluding hydrogens is 296 g/mol. The number of fused-ring (bicyclic) bond motifs is 7. The normalized spacial score (nSPS) is 11.2. The van der Waals surface area contributed by atoms with Crippen LogP contribution in [0.4, 0.5) is 0 Å². The number of hydrogen-bond acceptors (Lipinski definition) is 2. The zero-order chi connectivity index (χ0) is 16.3. The van der Waals surface area contributed by atoms with E-state index in [0.717, 1.165) is 43.6 Å². The van der Waals surface area contributed by atoms with Crippen LogP contribution in [0.2, 0.25) is 0 Å². The number of benzene rings is 3. The Kier molecular flexibility index (Phi) is 2.33. The summed E-state index contributed by atoms with van der Waals surface area (Å²) < 4.78 is 0. The Morgan fingerprint density at radius 2 is 1.04 bits per heavy atom. The summed E-state index contributed by atoms with van der Waals surface area (Å²) in [5, 5.41) is 23.1. The lowest BCUT2D eigenvalue weighted by molar-refractivity contribution is 1.46. The van der Waals surface area contributed by atoms with Gasteiger partial charge >= 0.3 is 0 Å². The molecule has 0 bridgehead atoms. The Labute approximate surface area is 136 Å². The van der Waals surface area contributed by atoms with Crippen molar-refractivity contribution in [1.29, 1.82) is 10.5 Å². The summed E-state index contributed by atoms with van der Waals surface area (Å²) in [6, 6.07) is 20.2. The first kappa shape index (κ1) is 12.8. The molecule has 0 aliphatic carbocycles. The Hall–Kier alpha value is -3.76. The molecule has 0 atom stereocenters. The number of para-hydroxylation sites is 2. The predicted molar refractivity (Wildman–Crippen MR) is 94.6 cm³/mol. The van der Waals surface area contributed by atoms with Crippen molar-refractivity contribution < 1.29 is 0 Å². The van der Waals surface area contributed by atoms with Crippen LogP contribution >= 0.6 is 0 Å². The topological polar surface area (TPSA) is 79.2 Å². The maximum Gasteiger partial charge on any atom is 0.101 e. The molecule has 0 radical (unpaired) electrons. The number of nitrogens with zero attached hydrogens (tertiary/aromatic N) is 2. The first-order valence-electron chi connectivity index (χ1n) is 7.60. The van der Waals surface area contributed by atoms with Gasteiger partial charge in [-0.05, 0) is 12.1 Å². The second kappa shape index (κ2) is 4.38. The van der Waals surface area contributed by atoms with E-state index >= 15 is 0 Å². The number of nitriles is 2. The average Bonchev–Trinajstić information content (AvgIpc) is 3.19. The summed E-state index contributed by atoms with van der Waals surface area (Å²) in [5.74, 6) is 0. The second-order valence-corrected chi connectivity index (χ2v) is 5.81. The molecule has 0 aliphatic rings. The molecule has 0 aliphatic heterocycles. The molecule has 24 heavy (non-hydrogen) atoms. The molecule has 3 aromatic carbocycles. The van der Waals surface area contributed by atoms with Crippen molar-refractivity contribution in [3.8, 4) is 12.1 Å². The molecule has 0 spiro atoms. The van der Waals surface area contributed by atoms with Crippen molar-refractivity contribution in [3.63, 3.8) is 0 Å². The number of nitrogens with one attached hydrogen (secondary N) is 2. The van der Waals surface area contributed by atoms with E-state index in [-0.39, 0.29) is 0 Å². The summed E-state index contributed by atoms with van der Waals surface area (Å²) in [7, 11) is 0. The third-order valence-corrected chi connectivity index (χ3v) is 4.64. The number of hydrogen-bond donors (Lipinski definition) is 2. The molecule has 4 heteroatoms. The third-order valence-electron chi connectivity index (χ3n) is 4.64. The highest BCUT2D eigenvalue weighted by atomic mass is 14.8. The Bertz CT molecular complexity index is 1260. The van der Waals surface area contributed by atoms with Crippen molar-refractivity contribution in [2.75, 3.05) is 0 Å². The van der Waals surface area contributed by atoms with Crippen LogP contribution in [-0.4, -0.2) is 9.97 Å². The minimum atomic E-state index is 0.433. The third kappa shape index (κ3) is 1.40. The van der Waals surface area contributed by atoms with Crippen molar-refractivity contribution in [2.24, 2.45) is 0 Å². The maximum absolute atomic E-state index is 9.77. The van der Waals surface area contributed by atoms with Gasteiger partial charge in [0.1, 0.15) is 12.1 Å². The molecule has 2 N–H and O–H groups in total. The molecule has 2 aromatic heterocycles. The van der Waals surface area contributed by atoms with Gasteiger partial charge in [-0.2, -0.15) is 10.5 Å². The Morgan fingerprint density at radius 1 is 0.625 bits per heavy atom. The van der Waals surface area contributed by atoms with Crippen LogP contribution in [0.3, 0.4) is 0 Å². The first-order valence-corrected chi connectivity index (χ1v) is 7.60. The minimum Gasteiger partial charge on any atom is -0.353 e. The molecule has 2 heterocycles. The highest BCUT2D eigenvalue weighted by Crippen LogP contribution is 2.39. The second-order valence-electron chi connectivity index (χ2n) is 5.81. The lowest BCUT2D eigenvalue weighted by atomic mass is 9.97. The molecule has 0 saturated heterocycles. The van der Waals surface area contributed by atoms with Crippen LogP contribution < -0.4 is 0 Å². The van der Waals surface area contributed by atoms with Crippen molar-refractivity contribution >= 4 is 43.6 Å². The van der Waals surface area contributed by atoms with Gasteiger partial charge in [-0.1, -0.05) is 36.4 Å². The van der Waals surface area contributed by atoms with Gasteiger partial charge in [0.15, 0.2) is 0 Å². The van der Waals surface area contributed by atoms with Gasteiger partial charge in [-0.25, -0.2) is 0 Å². The molecule has 0 amide bonds. The van der Waals surface area contributed by atoms with Crippen molar-refractivity contribution in [3.05, 3.63) is 59.7 Å². The zero-order valence-electron chi connectivity index (χ0n) is 12.5. The van der Waals surface area contributed by atoms with E-state index in [1.807, 2.05) is 48.5 Å². The fourth-order valence-corrected chi connectivity index (χ4v) is 3.65. The van der Waals surface area contributed by atoms with Crippen LogP contribution in [0.5, 0.6) is 0 Å². The largest absolute Gasteiger partial charge is 0.353 e. The SMILES string of the molecule is N#Cc1c(C#N)c2c3ccccc3[nH]c2c2[nH]c3ccccc3c12. The highest BCUT2D eigenvalue weighted by molar-refractivity contribution is 6.25. The van der Waals surface area contributed by atoms with Crippen molar-refractivity contribution in [1.82, 2.24) is 9.97 Å². The van der Waals surface area contributed by atoms with E-state index in [9.17, 15) is 10.5 Å². The van der Waals surface area contributed by atoms with E-state index in [1.54, 1.807) is 0 Å². The molecule has 0 saturated carbocycles. The number of rotatable bonds is 0. The monoisotopic (exact) mass is 306 g/mol. The van der Waals surface area contributed by atoms with Crippen molar-refractivity contribution in [2.45, 2.75) is 0 Å². The summed E-state index contributed by atoms with van der Waals surface area (Å²) in [4.78, 5) is 6.83. The zero-order valence-corrected chi connectivity index (χ0v) is 12.5. The molecule has 5 aromatic rings. The van der Waals surface area contributed by atoms with Gasteiger partial charge in [0.05, 0.1) is 22.2 Å². The maximum atomic E-state index is 9.77. The van der Waals surface area contributed by atoms with Gasteiger partial charge < -0.3 is 9.97 Å². The number of aromatic amines is 2. The minimum absolute atomic E-state index is 0.433. The summed E-state index contributed by atoms with van der Waals surface area (Å²) >= 11 is 0. The Morgan fingerprint density at radius 3 is 1.46 bits per heavy atom. The standard InChI is InChI=1S/C20H10N4/c21-9-13-14(10-22)18-12-6-2-4-8-16(12)24-20(18)19-17(13)11-5-1-3-7-15(11)23-19/h1-8,23-24H. The van der Waals surface area contributed by atoms with E-state index in [4.69, 9.17) is 0 Å². The smallest absolute Gasteiger partial charge is 0.101 e. The van der Waals surface area contributed by atoms with Gasteiger partial charge in [0.2, 0.25) is 0 Å². The van der Waals surface area contributed by atoms with Crippen LogP contribution in [0.25, 0.3) is 43.6 Å². The van der Waals surface area contributed by atoms with Crippen LogP contribution in [0.1, 0.15) is 11.1 Å². The van der Waals surface area contributed by atoms with Crippen LogP contribution in [0.15, 0.2) is 48.5 Å². The molecule has 0 unspecified atom stereocenters. The molecule has 110 valence electrons. The van der Waals surface area contributed by atoms with Gasteiger partial charge in [-0.3, -0.25) is 0 Å². The summed E-state index contributed by atoms with van der Waals surface area (Å²) in [6.07, 6.45) is 0. The Balaban J connectivity index is 2.22. The van der Waals surface area contributed by atoms with E-state index in [1.165, 1.54) is 0 Å². The molecule has 4 nitrogen and oxygen atoms in total. The fourth-order valence-electron chi connectivity index (χ4n) is 3.65. The lowest BCUT2D eigenvalue weighted by Crippen LogP contribution is -1.88. The van der Waals surface area contributed by atoms with E-state index in [0.29, 0.717) is 11.1 Å². The van der Waals surface area contributed by atoms with Crippen LogP contribution in [0, 0.1) is 22.7 Å². The first-order chi connectivity index (χ1) is 11.8. The molecule has 5 rings (SSSR count). The highest BCUT2D eigenvalue weighted by Gasteiger charge is 2.21.